The number of nitrogens with one attached hydrogen (secondary N) is 1. The van der Waals surface area contributed by atoms with Gasteiger partial charge < -0.3 is 10.1 Å². The molecule has 0 radical (unpaired) electrons. The zero-order chi connectivity index (χ0) is 17.6. The van der Waals surface area contributed by atoms with Crippen molar-refractivity contribution in [3.63, 3.8) is 0 Å². The lowest BCUT2D eigenvalue weighted by Gasteiger charge is -2.06. The quantitative estimate of drug-likeness (QED) is 0.700. The number of rotatable bonds is 6. The van der Waals surface area contributed by atoms with Gasteiger partial charge in [0.15, 0.2) is 0 Å². The molecule has 0 fully saturated rings. The average Bonchev–Trinajstić information content (AvgIpc) is 3.10. The van der Waals surface area contributed by atoms with Crippen LogP contribution in [0.25, 0.3) is 10.6 Å². The molecule has 0 unspecified atom stereocenters. The Hall–Kier alpha value is -2.66. The number of nitrogens with zero attached hydrogens (tertiary/aromatic N) is 1. The number of aryl methyl sites for hydroxylation is 2. The van der Waals surface area contributed by atoms with Gasteiger partial charge in [-0.3, -0.25) is 4.79 Å². The van der Waals surface area contributed by atoms with Crippen LogP contribution in [-0.4, -0.2) is 18.0 Å². The van der Waals surface area contributed by atoms with Gasteiger partial charge in [0.2, 0.25) is 5.91 Å². The van der Waals surface area contributed by atoms with E-state index in [1.807, 2.05) is 23.6 Å². The standard InChI is InChI=1S/C20H20N2O2S/c1-14-6-8-15(9-7-14)20-22-17(13-25-20)10-11-19(23)21-16-4-3-5-18(12-16)24-2/h3-9,12-13H,10-11H2,1-2H3,(H,21,23). The van der Waals surface area contributed by atoms with Crippen molar-refractivity contribution in [1.82, 2.24) is 4.98 Å². The van der Waals surface area contributed by atoms with Crippen LogP contribution in [0.5, 0.6) is 5.75 Å². The Morgan fingerprint density at radius 3 is 2.76 bits per heavy atom. The Labute approximate surface area is 151 Å². The molecule has 3 aromatic rings. The molecule has 1 amide bonds. The third-order valence-electron chi connectivity index (χ3n) is 3.81. The number of hydrogen-bond acceptors (Lipinski definition) is 4. The van der Waals surface area contributed by atoms with Crippen LogP contribution in [0.1, 0.15) is 17.7 Å². The first-order chi connectivity index (χ1) is 12.1. The van der Waals surface area contributed by atoms with Crippen LogP contribution in [0.2, 0.25) is 0 Å². The van der Waals surface area contributed by atoms with Gasteiger partial charge >= 0.3 is 0 Å². The predicted molar refractivity (Wildman–Crippen MR) is 102 cm³/mol. The van der Waals surface area contributed by atoms with E-state index in [-0.39, 0.29) is 5.91 Å². The van der Waals surface area contributed by atoms with E-state index < -0.39 is 0 Å². The molecule has 0 spiro atoms. The average molecular weight is 352 g/mol. The monoisotopic (exact) mass is 352 g/mol. The summed E-state index contributed by atoms with van der Waals surface area (Å²) in [5, 5.41) is 5.90. The fraction of sp³-hybridized carbons (Fsp3) is 0.200. The molecule has 0 aliphatic rings. The molecule has 0 saturated carbocycles. The molecule has 2 aromatic carbocycles. The Morgan fingerprint density at radius 1 is 1.20 bits per heavy atom. The molecule has 0 saturated heterocycles. The fourth-order valence-corrected chi connectivity index (χ4v) is 3.28. The predicted octanol–water partition coefficient (Wildman–Crippen LogP) is 4.70. The summed E-state index contributed by atoms with van der Waals surface area (Å²) in [6.45, 7) is 2.07. The van der Waals surface area contributed by atoms with Crippen molar-refractivity contribution in [3.05, 3.63) is 65.2 Å². The van der Waals surface area contributed by atoms with E-state index in [2.05, 4.69) is 41.5 Å². The number of benzene rings is 2. The second-order valence-electron chi connectivity index (χ2n) is 5.79. The van der Waals surface area contributed by atoms with Crippen molar-refractivity contribution in [2.75, 3.05) is 12.4 Å². The van der Waals surface area contributed by atoms with Gasteiger partial charge in [-0.2, -0.15) is 0 Å². The summed E-state index contributed by atoms with van der Waals surface area (Å²) in [7, 11) is 1.61. The fourth-order valence-electron chi connectivity index (χ4n) is 2.42. The summed E-state index contributed by atoms with van der Waals surface area (Å²) in [6, 6.07) is 15.7. The molecule has 1 aromatic heterocycles. The number of hydrogen-bond donors (Lipinski definition) is 1. The molecule has 0 bridgehead atoms. The SMILES string of the molecule is COc1cccc(NC(=O)CCc2csc(-c3ccc(C)cc3)n2)c1. The third-order valence-corrected chi connectivity index (χ3v) is 4.75. The Balaban J connectivity index is 1.56. The number of methoxy groups -OCH3 is 1. The Bertz CT molecular complexity index is 856. The number of aromatic nitrogens is 1. The van der Waals surface area contributed by atoms with E-state index in [0.29, 0.717) is 12.8 Å². The lowest BCUT2D eigenvalue weighted by atomic mass is 10.1. The molecule has 0 aliphatic carbocycles. The van der Waals surface area contributed by atoms with E-state index in [1.54, 1.807) is 24.5 Å². The largest absolute Gasteiger partial charge is 0.497 e. The van der Waals surface area contributed by atoms with Crippen molar-refractivity contribution in [2.45, 2.75) is 19.8 Å². The van der Waals surface area contributed by atoms with E-state index >= 15 is 0 Å². The van der Waals surface area contributed by atoms with Crippen LogP contribution < -0.4 is 10.1 Å². The maximum atomic E-state index is 12.1. The molecule has 25 heavy (non-hydrogen) atoms. The molecule has 3 rings (SSSR count). The van der Waals surface area contributed by atoms with Gasteiger partial charge in [-0.25, -0.2) is 4.98 Å². The zero-order valence-corrected chi connectivity index (χ0v) is 15.1. The first kappa shape index (κ1) is 17.2. The number of carbonyl (C=O) groups is 1. The van der Waals surface area contributed by atoms with Crippen molar-refractivity contribution in [2.24, 2.45) is 0 Å². The van der Waals surface area contributed by atoms with Crippen LogP contribution in [0.3, 0.4) is 0 Å². The highest BCUT2D eigenvalue weighted by Gasteiger charge is 2.08. The van der Waals surface area contributed by atoms with Crippen molar-refractivity contribution >= 4 is 22.9 Å². The number of thiazole rings is 1. The maximum Gasteiger partial charge on any atom is 0.224 e. The number of carbonyl (C=O) groups excluding carboxylic acids is 1. The van der Waals surface area contributed by atoms with Crippen molar-refractivity contribution < 1.29 is 9.53 Å². The van der Waals surface area contributed by atoms with Gasteiger partial charge in [0.05, 0.1) is 12.8 Å². The third kappa shape index (κ3) is 4.67. The van der Waals surface area contributed by atoms with E-state index in [9.17, 15) is 4.79 Å². The first-order valence-corrected chi connectivity index (χ1v) is 8.97. The molecule has 1 heterocycles. The van der Waals surface area contributed by atoms with Gasteiger partial charge in [0.1, 0.15) is 10.8 Å². The van der Waals surface area contributed by atoms with Crippen LogP contribution in [0, 0.1) is 6.92 Å². The number of ether oxygens (including phenoxy) is 1. The summed E-state index contributed by atoms with van der Waals surface area (Å²) in [5.41, 5.74) is 4.03. The molecule has 4 nitrogen and oxygen atoms in total. The van der Waals surface area contributed by atoms with Crippen LogP contribution in [-0.2, 0) is 11.2 Å². The minimum Gasteiger partial charge on any atom is -0.497 e. The smallest absolute Gasteiger partial charge is 0.224 e. The molecule has 0 aliphatic heterocycles. The van der Waals surface area contributed by atoms with Gasteiger partial charge in [-0.15, -0.1) is 11.3 Å². The molecule has 1 N–H and O–H groups in total. The van der Waals surface area contributed by atoms with Gasteiger partial charge in [-0.05, 0) is 25.5 Å². The summed E-state index contributed by atoms with van der Waals surface area (Å²) in [5.74, 6) is 0.693. The molecular formula is C20H20N2O2S. The maximum absolute atomic E-state index is 12.1. The molecule has 5 heteroatoms. The second-order valence-corrected chi connectivity index (χ2v) is 6.65. The number of anilines is 1. The molecule has 0 atom stereocenters. The van der Waals surface area contributed by atoms with Crippen molar-refractivity contribution in [3.8, 4) is 16.3 Å². The summed E-state index contributed by atoms with van der Waals surface area (Å²) in [6.07, 6.45) is 1.02. The van der Waals surface area contributed by atoms with Crippen LogP contribution in [0.4, 0.5) is 5.69 Å². The lowest BCUT2D eigenvalue weighted by Crippen LogP contribution is -2.12. The lowest BCUT2D eigenvalue weighted by molar-refractivity contribution is -0.116. The first-order valence-electron chi connectivity index (χ1n) is 8.09. The van der Waals surface area contributed by atoms with Gasteiger partial charge in [0.25, 0.3) is 0 Å². The highest BCUT2D eigenvalue weighted by Crippen LogP contribution is 2.24. The Kier molecular flexibility index (Phi) is 5.46. The van der Waals surface area contributed by atoms with Crippen LogP contribution >= 0.6 is 11.3 Å². The summed E-state index contributed by atoms with van der Waals surface area (Å²) < 4.78 is 5.16. The summed E-state index contributed by atoms with van der Waals surface area (Å²) in [4.78, 5) is 16.8. The zero-order valence-electron chi connectivity index (χ0n) is 14.3. The second kappa shape index (κ2) is 7.94. The van der Waals surface area contributed by atoms with E-state index in [4.69, 9.17) is 4.74 Å². The normalized spacial score (nSPS) is 10.5. The van der Waals surface area contributed by atoms with Gasteiger partial charge in [-0.1, -0.05) is 35.9 Å². The highest BCUT2D eigenvalue weighted by atomic mass is 32.1. The molecule has 128 valence electrons. The highest BCUT2D eigenvalue weighted by molar-refractivity contribution is 7.13. The minimum atomic E-state index is -0.0295. The van der Waals surface area contributed by atoms with Crippen molar-refractivity contribution in [1.29, 1.82) is 0 Å². The van der Waals surface area contributed by atoms with Gasteiger partial charge in [0, 0.05) is 29.1 Å². The van der Waals surface area contributed by atoms with E-state index in [1.165, 1.54) is 5.56 Å². The minimum absolute atomic E-state index is 0.0295. The topological polar surface area (TPSA) is 51.2 Å². The number of amides is 1. The van der Waals surface area contributed by atoms with Crippen LogP contribution in [0.15, 0.2) is 53.9 Å². The summed E-state index contributed by atoms with van der Waals surface area (Å²) >= 11 is 1.61. The molecular weight excluding hydrogens is 332 g/mol. The van der Waals surface area contributed by atoms with E-state index in [0.717, 1.165) is 27.7 Å². The Morgan fingerprint density at radius 2 is 2.00 bits per heavy atom.